The van der Waals surface area contributed by atoms with E-state index in [1.807, 2.05) is 24.9 Å². The number of hydrogen-bond acceptors (Lipinski definition) is 3. The van der Waals surface area contributed by atoms with Gasteiger partial charge in [-0.1, -0.05) is 0 Å². The monoisotopic (exact) mass is 297 g/mol. The Morgan fingerprint density at radius 1 is 1.65 bits per heavy atom. The smallest absolute Gasteiger partial charge is 0.257 e. The predicted molar refractivity (Wildman–Crippen MR) is 71.2 cm³/mol. The highest BCUT2D eigenvalue weighted by Gasteiger charge is 2.31. The highest BCUT2D eigenvalue weighted by atomic mass is 79.9. The number of halogens is 1. The minimum absolute atomic E-state index is 0.0391. The van der Waals surface area contributed by atoms with Crippen LogP contribution in [0.3, 0.4) is 0 Å². The van der Waals surface area contributed by atoms with Crippen LogP contribution in [0, 0.1) is 0 Å². The van der Waals surface area contributed by atoms with Crippen molar-refractivity contribution in [3.8, 4) is 0 Å². The largest absolute Gasteiger partial charge is 0.370 e. The molecule has 1 aliphatic rings. The molecule has 0 unspecified atom stereocenters. The quantitative estimate of drug-likeness (QED) is 0.929. The molecular weight excluding hydrogens is 282 g/mol. The second kappa shape index (κ2) is 5.04. The Balaban J connectivity index is 2.27. The third-order valence-corrected chi connectivity index (χ3v) is 3.28. The van der Waals surface area contributed by atoms with Gasteiger partial charge in [-0.3, -0.25) is 4.79 Å². The van der Waals surface area contributed by atoms with E-state index in [-0.39, 0.29) is 5.91 Å². The van der Waals surface area contributed by atoms with Crippen LogP contribution in [0.25, 0.3) is 0 Å². The van der Waals surface area contributed by atoms with Gasteiger partial charge in [0.1, 0.15) is 5.82 Å². The van der Waals surface area contributed by atoms with E-state index in [9.17, 15) is 4.79 Å². The standard InChI is InChI=1S/C12H16BrN3O/c1-3-14-11-10(6-8(13)7-15-11)12(17)16(2)9-4-5-9/h6-7,9H,3-5H2,1-2H3,(H,14,15). The van der Waals surface area contributed by atoms with E-state index in [1.54, 1.807) is 6.20 Å². The number of amides is 1. The number of pyridine rings is 1. The van der Waals surface area contributed by atoms with Crippen molar-refractivity contribution < 1.29 is 4.79 Å². The molecule has 1 N–H and O–H groups in total. The first-order chi connectivity index (χ1) is 8.13. The highest BCUT2D eigenvalue weighted by Crippen LogP contribution is 2.28. The minimum atomic E-state index is 0.0391. The summed E-state index contributed by atoms with van der Waals surface area (Å²) in [5.41, 5.74) is 0.635. The molecule has 0 spiro atoms. The molecule has 4 nitrogen and oxygen atoms in total. The Morgan fingerprint density at radius 3 is 2.94 bits per heavy atom. The van der Waals surface area contributed by atoms with E-state index >= 15 is 0 Å². The van der Waals surface area contributed by atoms with Crippen molar-refractivity contribution >= 4 is 27.7 Å². The summed E-state index contributed by atoms with van der Waals surface area (Å²) in [6, 6.07) is 2.24. The highest BCUT2D eigenvalue weighted by molar-refractivity contribution is 9.10. The van der Waals surface area contributed by atoms with Gasteiger partial charge in [0.05, 0.1) is 5.56 Å². The summed E-state index contributed by atoms with van der Waals surface area (Å²) in [4.78, 5) is 18.4. The maximum atomic E-state index is 12.3. The molecule has 0 aliphatic heterocycles. The molecule has 1 aromatic heterocycles. The fraction of sp³-hybridized carbons (Fsp3) is 0.500. The summed E-state index contributed by atoms with van der Waals surface area (Å²) in [5, 5.41) is 3.12. The predicted octanol–water partition coefficient (Wildman–Crippen LogP) is 2.51. The molecule has 0 aromatic carbocycles. The Morgan fingerprint density at radius 2 is 2.35 bits per heavy atom. The first kappa shape index (κ1) is 12.4. The molecule has 0 bridgehead atoms. The van der Waals surface area contributed by atoms with E-state index in [4.69, 9.17) is 0 Å². The summed E-state index contributed by atoms with van der Waals surface area (Å²) in [5.74, 6) is 0.699. The zero-order chi connectivity index (χ0) is 12.4. The lowest BCUT2D eigenvalue weighted by Crippen LogP contribution is -2.29. The Bertz CT molecular complexity index is 432. The Labute approximate surface area is 110 Å². The van der Waals surface area contributed by atoms with Crippen LogP contribution < -0.4 is 5.32 Å². The van der Waals surface area contributed by atoms with Gasteiger partial charge >= 0.3 is 0 Å². The van der Waals surface area contributed by atoms with Gasteiger partial charge in [-0.15, -0.1) is 0 Å². The van der Waals surface area contributed by atoms with Gasteiger partial charge in [0, 0.05) is 30.3 Å². The molecule has 2 rings (SSSR count). The molecule has 1 aliphatic carbocycles. The van der Waals surface area contributed by atoms with Gasteiger partial charge in [0.25, 0.3) is 5.91 Å². The van der Waals surface area contributed by atoms with Crippen molar-refractivity contribution in [2.75, 3.05) is 18.9 Å². The molecule has 92 valence electrons. The third kappa shape index (κ3) is 2.77. The maximum absolute atomic E-state index is 12.3. The van der Waals surface area contributed by atoms with E-state index in [2.05, 4.69) is 26.2 Å². The second-order valence-corrected chi connectivity index (χ2v) is 5.14. The molecule has 1 heterocycles. The summed E-state index contributed by atoms with van der Waals surface area (Å²) < 4.78 is 0.826. The average Bonchev–Trinajstić information content (AvgIpc) is 3.14. The first-order valence-electron chi connectivity index (χ1n) is 5.80. The SMILES string of the molecule is CCNc1ncc(Br)cc1C(=O)N(C)C1CC1. The van der Waals surface area contributed by atoms with Crippen molar-refractivity contribution in [3.05, 3.63) is 22.3 Å². The molecule has 0 radical (unpaired) electrons. The summed E-state index contributed by atoms with van der Waals surface area (Å²) >= 11 is 3.36. The zero-order valence-electron chi connectivity index (χ0n) is 10.0. The number of nitrogens with zero attached hydrogens (tertiary/aromatic N) is 2. The molecule has 0 saturated heterocycles. The topological polar surface area (TPSA) is 45.2 Å². The lowest BCUT2D eigenvalue weighted by atomic mass is 10.2. The average molecular weight is 298 g/mol. The number of carbonyl (C=O) groups excluding carboxylic acids is 1. The van der Waals surface area contributed by atoms with E-state index in [1.165, 1.54) is 0 Å². The molecule has 5 heteroatoms. The fourth-order valence-corrected chi connectivity index (χ4v) is 2.06. The van der Waals surface area contributed by atoms with Crippen molar-refractivity contribution in [3.63, 3.8) is 0 Å². The Kier molecular flexibility index (Phi) is 3.66. The molecule has 1 aromatic rings. The van der Waals surface area contributed by atoms with Gasteiger partial charge in [-0.25, -0.2) is 4.98 Å². The third-order valence-electron chi connectivity index (χ3n) is 2.84. The van der Waals surface area contributed by atoms with Crippen LogP contribution in [0.15, 0.2) is 16.7 Å². The van der Waals surface area contributed by atoms with Crippen LogP contribution in [0.1, 0.15) is 30.1 Å². The number of rotatable bonds is 4. The van der Waals surface area contributed by atoms with Crippen LogP contribution in [-0.2, 0) is 0 Å². The van der Waals surface area contributed by atoms with Gasteiger partial charge in [-0.05, 0) is 41.8 Å². The zero-order valence-corrected chi connectivity index (χ0v) is 11.6. The molecule has 1 fully saturated rings. The number of carbonyl (C=O) groups is 1. The first-order valence-corrected chi connectivity index (χ1v) is 6.59. The second-order valence-electron chi connectivity index (χ2n) is 4.23. The van der Waals surface area contributed by atoms with Crippen molar-refractivity contribution in [1.82, 2.24) is 9.88 Å². The van der Waals surface area contributed by atoms with Crippen LogP contribution in [-0.4, -0.2) is 35.4 Å². The summed E-state index contributed by atoms with van der Waals surface area (Å²) in [6.07, 6.45) is 3.92. The van der Waals surface area contributed by atoms with Gasteiger partial charge in [0.2, 0.25) is 0 Å². The van der Waals surface area contributed by atoms with E-state index in [0.29, 0.717) is 17.4 Å². The van der Waals surface area contributed by atoms with Crippen LogP contribution in [0.5, 0.6) is 0 Å². The van der Waals surface area contributed by atoms with Crippen LogP contribution >= 0.6 is 15.9 Å². The van der Waals surface area contributed by atoms with E-state index < -0.39 is 0 Å². The van der Waals surface area contributed by atoms with Gasteiger partial charge in [0.15, 0.2) is 0 Å². The lowest BCUT2D eigenvalue weighted by Gasteiger charge is -2.18. The lowest BCUT2D eigenvalue weighted by molar-refractivity contribution is 0.0785. The fourth-order valence-electron chi connectivity index (χ4n) is 1.73. The molecular formula is C12H16BrN3O. The molecule has 0 atom stereocenters. The van der Waals surface area contributed by atoms with Crippen molar-refractivity contribution in [2.24, 2.45) is 0 Å². The maximum Gasteiger partial charge on any atom is 0.257 e. The van der Waals surface area contributed by atoms with Gasteiger partial charge in [-0.2, -0.15) is 0 Å². The summed E-state index contributed by atoms with van der Waals surface area (Å²) in [7, 11) is 1.86. The van der Waals surface area contributed by atoms with Crippen LogP contribution in [0.4, 0.5) is 5.82 Å². The Hall–Kier alpha value is -1.10. The van der Waals surface area contributed by atoms with Crippen molar-refractivity contribution in [1.29, 1.82) is 0 Å². The number of aromatic nitrogens is 1. The molecule has 1 saturated carbocycles. The minimum Gasteiger partial charge on any atom is -0.370 e. The van der Waals surface area contributed by atoms with Crippen molar-refractivity contribution in [2.45, 2.75) is 25.8 Å². The van der Waals surface area contributed by atoms with Crippen LogP contribution in [0.2, 0.25) is 0 Å². The normalized spacial score (nSPS) is 14.5. The summed E-state index contributed by atoms with van der Waals surface area (Å²) in [6.45, 7) is 2.74. The molecule has 1 amide bonds. The molecule has 17 heavy (non-hydrogen) atoms. The van der Waals surface area contributed by atoms with Gasteiger partial charge < -0.3 is 10.2 Å². The number of nitrogens with one attached hydrogen (secondary N) is 1. The number of hydrogen-bond donors (Lipinski definition) is 1. The number of anilines is 1. The van der Waals surface area contributed by atoms with E-state index in [0.717, 1.165) is 23.9 Å².